The first-order chi connectivity index (χ1) is 6.00. The molecule has 13 heavy (non-hydrogen) atoms. The summed E-state index contributed by atoms with van der Waals surface area (Å²) < 4.78 is 0. The summed E-state index contributed by atoms with van der Waals surface area (Å²) in [6.07, 6.45) is 2.11. The van der Waals surface area contributed by atoms with Gasteiger partial charge in [-0.05, 0) is 23.5 Å². The normalized spacial score (nSPS) is 43.3. The van der Waals surface area contributed by atoms with Crippen LogP contribution in [0.15, 0.2) is 0 Å². The van der Waals surface area contributed by atoms with Crippen molar-refractivity contribution in [2.75, 3.05) is 5.75 Å². The van der Waals surface area contributed by atoms with Gasteiger partial charge in [-0.15, -0.1) is 0 Å². The maximum absolute atomic E-state index is 11.7. The number of Topliss-reactive ketones (excluding diaryl/α,β-unsaturated/α-hetero) is 1. The van der Waals surface area contributed by atoms with Crippen molar-refractivity contribution in [3.05, 3.63) is 0 Å². The zero-order valence-corrected chi connectivity index (χ0v) is 9.49. The van der Waals surface area contributed by atoms with E-state index in [-0.39, 0.29) is 0 Å². The van der Waals surface area contributed by atoms with E-state index >= 15 is 0 Å². The van der Waals surface area contributed by atoms with Gasteiger partial charge >= 0.3 is 0 Å². The van der Waals surface area contributed by atoms with E-state index in [0.717, 1.165) is 6.42 Å². The Balaban J connectivity index is 2.19. The van der Waals surface area contributed by atoms with Gasteiger partial charge in [-0.2, -0.15) is 11.8 Å². The number of thioether (sulfide) groups is 1. The van der Waals surface area contributed by atoms with Gasteiger partial charge in [-0.3, -0.25) is 4.79 Å². The third-order valence-corrected chi connectivity index (χ3v) is 5.74. The first-order valence-electron chi connectivity index (χ1n) is 5.15. The highest BCUT2D eigenvalue weighted by Gasteiger charge is 2.44. The monoisotopic (exact) mass is 198 g/mol. The number of hydrogen-bond donors (Lipinski definition) is 0. The molecule has 2 aliphatic rings. The smallest absolute Gasteiger partial charge is 0.137 e. The molecule has 0 aromatic heterocycles. The van der Waals surface area contributed by atoms with E-state index in [1.54, 1.807) is 0 Å². The molecule has 2 fully saturated rings. The lowest BCUT2D eigenvalue weighted by molar-refractivity contribution is -0.126. The summed E-state index contributed by atoms with van der Waals surface area (Å²) in [4.78, 5) is 11.7. The Kier molecular flexibility index (Phi) is 2.22. The maximum Gasteiger partial charge on any atom is 0.137 e. The van der Waals surface area contributed by atoms with Crippen LogP contribution in [-0.2, 0) is 4.79 Å². The van der Waals surface area contributed by atoms with E-state index in [0.29, 0.717) is 28.3 Å². The zero-order chi connectivity index (χ0) is 9.64. The van der Waals surface area contributed by atoms with Crippen molar-refractivity contribution in [3.8, 4) is 0 Å². The van der Waals surface area contributed by atoms with Crippen molar-refractivity contribution >= 4 is 17.5 Å². The Morgan fingerprint density at radius 3 is 2.85 bits per heavy atom. The molecule has 3 unspecified atom stereocenters. The SMILES string of the molecule is CC1C(=O)CC2CC1SCC2(C)C. The average molecular weight is 198 g/mol. The minimum atomic E-state index is 0.317. The van der Waals surface area contributed by atoms with Crippen LogP contribution in [0.1, 0.15) is 33.6 Å². The molecule has 2 heteroatoms. The standard InChI is InChI=1S/C11H18OS/c1-7-9(12)4-8-5-10(7)13-6-11(8,2)3/h7-8,10H,4-6H2,1-3H3. The van der Waals surface area contributed by atoms with Gasteiger partial charge in [0.2, 0.25) is 0 Å². The van der Waals surface area contributed by atoms with E-state index in [1.807, 2.05) is 11.8 Å². The second kappa shape index (κ2) is 3.01. The predicted molar refractivity (Wildman–Crippen MR) is 56.9 cm³/mol. The number of fused-ring (bicyclic) bond motifs is 2. The van der Waals surface area contributed by atoms with Crippen molar-refractivity contribution in [1.82, 2.24) is 0 Å². The van der Waals surface area contributed by atoms with Crippen LogP contribution in [-0.4, -0.2) is 16.8 Å². The highest BCUT2D eigenvalue weighted by molar-refractivity contribution is 8.00. The lowest BCUT2D eigenvalue weighted by Crippen LogP contribution is -2.44. The van der Waals surface area contributed by atoms with Gasteiger partial charge in [-0.25, -0.2) is 0 Å². The molecule has 0 spiro atoms. The molecule has 1 aliphatic carbocycles. The molecule has 0 aromatic rings. The summed E-state index contributed by atoms with van der Waals surface area (Å²) in [5.74, 6) is 2.71. The lowest BCUT2D eigenvalue weighted by Gasteiger charge is -2.46. The molecule has 0 N–H and O–H groups in total. The Bertz CT molecular complexity index is 234. The molecule has 3 atom stereocenters. The van der Waals surface area contributed by atoms with Gasteiger partial charge < -0.3 is 0 Å². The molecule has 0 radical (unpaired) electrons. The molecule has 1 saturated carbocycles. The molecule has 0 aromatic carbocycles. The van der Waals surface area contributed by atoms with Crippen LogP contribution in [0.4, 0.5) is 0 Å². The molecule has 0 amide bonds. The van der Waals surface area contributed by atoms with E-state index in [2.05, 4.69) is 20.8 Å². The molecular weight excluding hydrogens is 180 g/mol. The average Bonchev–Trinajstić information content (AvgIpc) is 2.06. The van der Waals surface area contributed by atoms with E-state index < -0.39 is 0 Å². The Morgan fingerprint density at radius 1 is 1.46 bits per heavy atom. The summed E-state index contributed by atoms with van der Waals surface area (Å²) in [6.45, 7) is 6.73. The molecule has 2 rings (SSSR count). The fourth-order valence-corrected chi connectivity index (χ4v) is 4.14. The summed E-state index contributed by atoms with van der Waals surface area (Å²) in [6, 6.07) is 0. The maximum atomic E-state index is 11.7. The van der Waals surface area contributed by atoms with Crippen LogP contribution in [0.2, 0.25) is 0 Å². The minimum Gasteiger partial charge on any atom is -0.299 e. The molecule has 1 aliphatic heterocycles. The van der Waals surface area contributed by atoms with Gasteiger partial charge in [0.15, 0.2) is 0 Å². The van der Waals surface area contributed by atoms with Gasteiger partial charge in [0, 0.05) is 17.6 Å². The summed E-state index contributed by atoms with van der Waals surface area (Å²) >= 11 is 2.02. The molecule has 74 valence electrons. The topological polar surface area (TPSA) is 17.1 Å². The van der Waals surface area contributed by atoms with Crippen LogP contribution in [0, 0.1) is 17.3 Å². The second-order valence-electron chi connectivity index (χ2n) is 5.23. The van der Waals surface area contributed by atoms with Crippen LogP contribution < -0.4 is 0 Å². The zero-order valence-electron chi connectivity index (χ0n) is 8.67. The fraction of sp³-hybridized carbons (Fsp3) is 0.909. The third-order valence-electron chi connectivity index (χ3n) is 3.80. The largest absolute Gasteiger partial charge is 0.299 e. The minimum absolute atomic E-state index is 0.317. The van der Waals surface area contributed by atoms with Crippen molar-refractivity contribution in [2.45, 2.75) is 38.9 Å². The molecule has 1 saturated heterocycles. The van der Waals surface area contributed by atoms with Gasteiger partial charge in [-0.1, -0.05) is 20.8 Å². The van der Waals surface area contributed by atoms with E-state index in [4.69, 9.17) is 0 Å². The number of rotatable bonds is 0. The quantitative estimate of drug-likeness (QED) is 0.595. The Labute approximate surface area is 84.7 Å². The number of carbonyl (C=O) groups is 1. The van der Waals surface area contributed by atoms with Crippen LogP contribution in [0.3, 0.4) is 0 Å². The van der Waals surface area contributed by atoms with E-state index in [1.165, 1.54) is 12.2 Å². The van der Waals surface area contributed by atoms with Crippen molar-refractivity contribution in [1.29, 1.82) is 0 Å². The van der Waals surface area contributed by atoms with Crippen molar-refractivity contribution in [3.63, 3.8) is 0 Å². The van der Waals surface area contributed by atoms with Crippen molar-refractivity contribution in [2.24, 2.45) is 17.3 Å². The fourth-order valence-electron chi connectivity index (χ4n) is 2.45. The van der Waals surface area contributed by atoms with E-state index in [9.17, 15) is 4.79 Å². The van der Waals surface area contributed by atoms with Crippen LogP contribution in [0.25, 0.3) is 0 Å². The predicted octanol–water partition coefficient (Wildman–Crippen LogP) is 2.74. The van der Waals surface area contributed by atoms with Gasteiger partial charge in [0.1, 0.15) is 5.78 Å². The third kappa shape index (κ3) is 1.54. The van der Waals surface area contributed by atoms with Gasteiger partial charge in [0.25, 0.3) is 0 Å². The molecular formula is C11H18OS. The number of hydrogen-bond acceptors (Lipinski definition) is 2. The first-order valence-corrected chi connectivity index (χ1v) is 6.20. The Hall–Kier alpha value is 0.0200. The van der Waals surface area contributed by atoms with Gasteiger partial charge in [0.05, 0.1) is 0 Å². The van der Waals surface area contributed by atoms with Crippen LogP contribution in [0.5, 0.6) is 0 Å². The Morgan fingerprint density at radius 2 is 2.15 bits per heavy atom. The number of carbonyl (C=O) groups excluding carboxylic acids is 1. The number of ketones is 1. The summed E-state index contributed by atoms with van der Waals surface area (Å²) in [5.41, 5.74) is 0.386. The molecule has 1 heterocycles. The molecule has 1 nitrogen and oxygen atoms in total. The van der Waals surface area contributed by atoms with Crippen LogP contribution >= 0.6 is 11.8 Å². The highest BCUT2D eigenvalue weighted by Crippen LogP contribution is 2.49. The highest BCUT2D eigenvalue weighted by atomic mass is 32.2. The molecule has 2 bridgehead atoms. The van der Waals surface area contributed by atoms with Crippen molar-refractivity contribution < 1.29 is 4.79 Å². The summed E-state index contributed by atoms with van der Waals surface area (Å²) in [7, 11) is 0. The second-order valence-corrected chi connectivity index (χ2v) is 6.46. The lowest BCUT2D eigenvalue weighted by atomic mass is 9.69. The first kappa shape index (κ1) is 9.57. The summed E-state index contributed by atoms with van der Waals surface area (Å²) in [5, 5.41) is 0.624.